The topological polar surface area (TPSA) is 49.9 Å². The van der Waals surface area contributed by atoms with Crippen molar-refractivity contribution in [3.05, 3.63) is 94.7 Å². The van der Waals surface area contributed by atoms with Crippen LogP contribution in [0, 0.1) is 13.8 Å². The Labute approximate surface area is 200 Å². The Kier molecular flexibility index (Phi) is 5.48. The molecular weight excluding hydrogens is 424 g/mol. The Morgan fingerprint density at radius 1 is 0.853 bits per heavy atom. The van der Waals surface area contributed by atoms with Crippen LogP contribution in [0.15, 0.2) is 72.4 Å². The molecule has 2 aliphatic heterocycles. The Morgan fingerprint density at radius 2 is 1.59 bits per heavy atom. The minimum absolute atomic E-state index is 0.0424. The number of carbonyl (C=O) groups is 2. The number of para-hydroxylation sites is 1. The SMILES string of the molecule is Cc1ccc(C2=C(N3CCc4ccccc43)C(=O)N(c3ccc(OC(C)C)cc3)C2=O)cc1C. The zero-order chi connectivity index (χ0) is 24.0. The van der Waals surface area contributed by atoms with Gasteiger partial charge in [0.15, 0.2) is 0 Å². The van der Waals surface area contributed by atoms with E-state index in [1.165, 1.54) is 10.5 Å². The van der Waals surface area contributed by atoms with Crippen molar-refractivity contribution in [2.75, 3.05) is 16.3 Å². The molecular formula is C29H28N2O3. The van der Waals surface area contributed by atoms with Crippen LogP contribution < -0.4 is 14.5 Å². The second-order valence-electron chi connectivity index (χ2n) is 9.16. The molecule has 0 aliphatic carbocycles. The van der Waals surface area contributed by atoms with Gasteiger partial charge in [-0.05, 0) is 86.7 Å². The quantitative estimate of drug-likeness (QED) is 0.484. The molecule has 0 radical (unpaired) electrons. The van der Waals surface area contributed by atoms with Crippen LogP contribution in [-0.4, -0.2) is 24.5 Å². The highest BCUT2D eigenvalue weighted by atomic mass is 16.5. The number of ether oxygens (including phenoxy) is 1. The molecule has 3 aromatic carbocycles. The monoisotopic (exact) mass is 452 g/mol. The molecule has 0 fully saturated rings. The Bertz CT molecular complexity index is 1320. The molecule has 0 bridgehead atoms. The molecule has 5 heteroatoms. The van der Waals surface area contributed by atoms with Gasteiger partial charge in [-0.2, -0.15) is 0 Å². The van der Waals surface area contributed by atoms with E-state index < -0.39 is 0 Å². The lowest BCUT2D eigenvalue weighted by atomic mass is 9.99. The van der Waals surface area contributed by atoms with Crippen molar-refractivity contribution in [2.45, 2.75) is 40.2 Å². The van der Waals surface area contributed by atoms with Gasteiger partial charge in [0, 0.05) is 12.2 Å². The lowest BCUT2D eigenvalue weighted by Gasteiger charge is -2.22. The number of fused-ring (bicyclic) bond motifs is 1. The highest BCUT2D eigenvalue weighted by Crippen LogP contribution is 2.40. The lowest BCUT2D eigenvalue weighted by Crippen LogP contribution is -2.34. The minimum atomic E-state index is -0.301. The van der Waals surface area contributed by atoms with Crippen molar-refractivity contribution in [2.24, 2.45) is 0 Å². The summed E-state index contributed by atoms with van der Waals surface area (Å²) in [7, 11) is 0. The Hall–Kier alpha value is -3.86. The third-order valence-electron chi connectivity index (χ3n) is 6.48. The molecule has 5 nitrogen and oxygen atoms in total. The lowest BCUT2D eigenvalue weighted by molar-refractivity contribution is -0.120. The molecule has 172 valence electrons. The van der Waals surface area contributed by atoms with Gasteiger partial charge in [-0.3, -0.25) is 9.59 Å². The first-order valence-corrected chi connectivity index (χ1v) is 11.7. The van der Waals surface area contributed by atoms with Crippen molar-refractivity contribution in [1.29, 1.82) is 0 Å². The van der Waals surface area contributed by atoms with Gasteiger partial charge >= 0.3 is 0 Å². The number of imide groups is 1. The molecule has 0 atom stereocenters. The number of carbonyl (C=O) groups excluding carboxylic acids is 2. The molecule has 2 amide bonds. The molecule has 2 heterocycles. The number of hydrogen-bond acceptors (Lipinski definition) is 4. The summed E-state index contributed by atoms with van der Waals surface area (Å²) in [5, 5.41) is 0. The number of benzene rings is 3. The predicted octanol–water partition coefficient (Wildman–Crippen LogP) is 5.44. The van der Waals surface area contributed by atoms with E-state index in [1.54, 1.807) is 24.3 Å². The number of hydrogen-bond donors (Lipinski definition) is 0. The van der Waals surface area contributed by atoms with Gasteiger partial charge in [-0.25, -0.2) is 4.90 Å². The van der Waals surface area contributed by atoms with E-state index in [0.29, 0.717) is 29.3 Å². The van der Waals surface area contributed by atoms with Crippen molar-refractivity contribution < 1.29 is 14.3 Å². The van der Waals surface area contributed by atoms with Crippen LogP contribution in [0.2, 0.25) is 0 Å². The zero-order valence-corrected chi connectivity index (χ0v) is 20.0. The molecule has 2 aliphatic rings. The summed E-state index contributed by atoms with van der Waals surface area (Å²) >= 11 is 0. The summed E-state index contributed by atoms with van der Waals surface area (Å²) in [5.41, 5.74) is 6.60. The highest BCUT2D eigenvalue weighted by Gasteiger charge is 2.44. The molecule has 34 heavy (non-hydrogen) atoms. The maximum absolute atomic E-state index is 13.9. The molecule has 0 saturated carbocycles. The third-order valence-corrected chi connectivity index (χ3v) is 6.48. The van der Waals surface area contributed by atoms with Gasteiger partial charge in [0.1, 0.15) is 11.4 Å². The number of anilines is 2. The van der Waals surface area contributed by atoms with E-state index >= 15 is 0 Å². The summed E-state index contributed by atoms with van der Waals surface area (Å²) < 4.78 is 5.73. The average molecular weight is 453 g/mol. The molecule has 3 aromatic rings. The maximum Gasteiger partial charge on any atom is 0.282 e. The van der Waals surface area contributed by atoms with Gasteiger partial charge in [0.25, 0.3) is 11.8 Å². The number of nitrogens with zero attached hydrogens (tertiary/aromatic N) is 2. The largest absolute Gasteiger partial charge is 0.491 e. The first-order valence-electron chi connectivity index (χ1n) is 11.7. The van der Waals surface area contributed by atoms with E-state index in [9.17, 15) is 9.59 Å². The Balaban J connectivity index is 1.62. The van der Waals surface area contributed by atoms with Gasteiger partial charge in [0.05, 0.1) is 17.4 Å². The van der Waals surface area contributed by atoms with Gasteiger partial charge in [0.2, 0.25) is 0 Å². The summed E-state index contributed by atoms with van der Waals surface area (Å²) in [6.07, 6.45) is 0.878. The van der Waals surface area contributed by atoms with Crippen LogP contribution in [-0.2, 0) is 16.0 Å². The van der Waals surface area contributed by atoms with E-state index in [1.807, 2.05) is 69.0 Å². The van der Waals surface area contributed by atoms with Crippen LogP contribution in [0.5, 0.6) is 5.75 Å². The Morgan fingerprint density at radius 3 is 2.29 bits per heavy atom. The van der Waals surface area contributed by atoms with Crippen LogP contribution >= 0.6 is 0 Å². The van der Waals surface area contributed by atoms with Crippen molar-refractivity contribution in [1.82, 2.24) is 0 Å². The van der Waals surface area contributed by atoms with Gasteiger partial charge < -0.3 is 9.64 Å². The number of amides is 2. The molecule has 0 aromatic heterocycles. The second-order valence-corrected chi connectivity index (χ2v) is 9.16. The van der Waals surface area contributed by atoms with Crippen molar-refractivity contribution >= 4 is 28.8 Å². The fourth-order valence-corrected chi connectivity index (χ4v) is 4.68. The van der Waals surface area contributed by atoms with E-state index in [-0.39, 0.29) is 17.9 Å². The summed E-state index contributed by atoms with van der Waals surface area (Å²) in [6, 6.07) is 21.2. The molecule has 0 N–H and O–H groups in total. The number of rotatable bonds is 5. The van der Waals surface area contributed by atoms with E-state index in [4.69, 9.17) is 4.74 Å². The fourth-order valence-electron chi connectivity index (χ4n) is 4.68. The molecule has 0 unspecified atom stereocenters. The van der Waals surface area contributed by atoms with Crippen LogP contribution in [0.1, 0.15) is 36.1 Å². The fraction of sp³-hybridized carbons (Fsp3) is 0.241. The molecule has 0 spiro atoms. The van der Waals surface area contributed by atoms with Crippen LogP contribution in [0.25, 0.3) is 5.57 Å². The molecule has 5 rings (SSSR count). The van der Waals surface area contributed by atoms with Gasteiger partial charge in [-0.1, -0.05) is 36.4 Å². The highest BCUT2D eigenvalue weighted by molar-refractivity contribution is 6.46. The zero-order valence-electron chi connectivity index (χ0n) is 20.0. The minimum Gasteiger partial charge on any atom is -0.491 e. The maximum atomic E-state index is 13.9. The average Bonchev–Trinajstić information content (AvgIpc) is 3.34. The first kappa shape index (κ1) is 22.0. The van der Waals surface area contributed by atoms with Crippen LogP contribution in [0.3, 0.4) is 0 Å². The van der Waals surface area contributed by atoms with Gasteiger partial charge in [-0.15, -0.1) is 0 Å². The first-order chi connectivity index (χ1) is 16.3. The summed E-state index contributed by atoms with van der Waals surface area (Å²) in [4.78, 5) is 31.0. The third kappa shape index (κ3) is 3.67. The standard InChI is InChI=1S/C29H28N2O3/c1-18(2)34-24-13-11-23(12-14-24)31-28(32)26(22-10-9-19(3)20(4)17-22)27(29(31)33)30-16-15-21-7-5-6-8-25(21)30/h5-14,17-18H,15-16H2,1-4H3. The van der Waals surface area contributed by atoms with E-state index in [2.05, 4.69) is 6.07 Å². The molecule has 0 saturated heterocycles. The predicted molar refractivity (Wildman–Crippen MR) is 135 cm³/mol. The normalized spacial score (nSPS) is 15.6. The van der Waals surface area contributed by atoms with Crippen molar-refractivity contribution in [3.8, 4) is 5.75 Å². The second kappa shape index (κ2) is 8.49. The van der Waals surface area contributed by atoms with Crippen LogP contribution in [0.4, 0.5) is 11.4 Å². The summed E-state index contributed by atoms with van der Waals surface area (Å²) in [6.45, 7) is 8.65. The number of aryl methyl sites for hydroxylation is 2. The van der Waals surface area contributed by atoms with Crippen molar-refractivity contribution in [3.63, 3.8) is 0 Å². The smallest absolute Gasteiger partial charge is 0.282 e. The summed E-state index contributed by atoms with van der Waals surface area (Å²) in [5.74, 6) is 0.103. The van der Waals surface area contributed by atoms with E-state index in [0.717, 1.165) is 28.8 Å².